The van der Waals surface area contributed by atoms with E-state index in [1.807, 2.05) is 23.1 Å². The number of rotatable bonds is 8. The number of nitrogens with zero attached hydrogens (tertiary/aromatic N) is 5. The van der Waals surface area contributed by atoms with Crippen LogP contribution in [0.15, 0.2) is 36.8 Å². The topological polar surface area (TPSA) is 128 Å². The third-order valence-electron chi connectivity index (χ3n) is 6.62. The van der Waals surface area contributed by atoms with Crippen LogP contribution in [0.3, 0.4) is 0 Å². The molecule has 4 heterocycles. The SMILES string of the molecule is NC(=O)CCCC(=O)N1CCc2cccc(O[C@@H](c3ccnc4ncnn34)C3CCCN3)c2C1. The average Bonchev–Trinajstić information content (AvgIpc) is 3.54. The molecular weight excluding hydrogens is 434 g/mol. The number of amides is 2. The van der Waals surface area contributed by atoms with Crippen molar-refractivity contribution in [3.8, 4) is 5.75 Å². The Morgan fingerprint density at radius 3 is 2.97 bits per heavy atom. The number of fused-ring (bicyclic) bond motifs is 2. The summed E-state index contributed by atoms with van der Waals surface area (Å²) in [4.78, 5) is 34.2. The molecule has 1 unspecified atom stereocenters. The number of hydrogen-bond donors (Lipinski definition) is 2. The summed E-state index contributed by atoms with van der Waals surface area (Å²) in [5, 5.41) is 7.93. The monoisotopic (exact) mass is 463 g/mol. The van der Waals surface area contributed by atoms with Crippen molar-refractivity contribution in [3.63, 3.8) is 0 Å². The van der Waals surface area contributed by atoms with E-state index in [1.165, 1.54) is 11.9 Å². The zero-order valence-corrected chi connectivity index (χ0v) is 19.0. The number of aromatic nitrogens is 4. The largest absolute Gasteiger partial charge is 0.482 e. The molecule has 3 N–H and O–H groups in total. The Labute approximate surface area is 197 Å². The summed E-state index contributed by atoms with van der Waals surface area (Å²) >= 11 is 0. The van der Waals surface area contributed by atoms with Gasteiger partial charge >= 0.3 is 0 Å². The highest BCUT2D eigenvalue weighted by Gasteiger charge is 2.32. The van der Waals surface area contributed by atoms with E-state index in [9.17, 15) is 9.59 Å². The Kier molecular flexibility index (Phi) is 6.39. The minimum Gasteiger partial charge on any atom is -0.482 e. The summed E-state index contributed by atoms with van der Waals surface area (Å²) in [5.74, 6) is 0.966. The summed E-state index contributed by atoms with van der Waals surface area (Å²) in [6.07, 6.45) is 6.79. The van der Waals surface area contributed by atoms with Crippen molar-refractivity contribution in [1.82, 2.24) is 29.8 Å². The fourth-order valence-corrected chi connectivity index (χ4v) is 4.87. The van der Waals surface area contributed by atoms with Crippen molar-refractivity contribution in [3.05, 3.63) is 53.6 Å². The van der Waals surface area contributed by atoms with Gasteiger partial charge in [-0.05, 0) is 49.9 Å². The van der Waals surface area contributed by atoms with Gasteiger partial charge < -0.3 is 20.7 Å². The van der Waals surface area contributed by atoms with Gasteiger partial charge in [-0.2, -0.15) is 14.6 Å². The van der Waals surface area contributed by atoms with E-state index in [4.69, 9.17) is 10.5 Å². The molecule has 10 heteroatoms. The molecule has 0 saturated carbocycles. The number of benzene rings is 1. The summed E-state index contributed by atoms with van der Waals surface area (Å²) in [5.41, 5.74) is 8.32. The first-order valence-corrected chi connectivity index (χ1v) is 11.8. The molecule has 0 radical (unpaired) electrons. The second-order valence-corrected chi connectivity index (χ2v) is 8.86. The molecule has 2 aliphatic heterocycles. The first-order chi connectivity index (χ1) is 16.6. The molecular formula is C24H29N7O3. The lowest BCUT2D eigenvalue weighted by Gasteiger charge is -2.32. The van der Waals surface area contributed by atoms with Crippen molar-refractivity contribution >= 4 is 17.6 Å². The Hall–Kier alpha value is -3.53. The van der Waals surface area contributed by atoms with Gasteiger partial charge in [-0.25, -0.2) is 4.98 Å². The van der Waals surface area contributed by atoms with Crippen LogP contribution < -0.4 is 15.8 Å². The number of nitrogens with one attached hydrogen (secondary N) is 1. The van der Waals surface area contributed by atoms with Gasteiger partial charge in [0.2, 0.25) is 11.8 Å². The van der Waals surface area contributed by atoms with Gasteiger partial charge in [-0.3, -0.25) is 9.59 Å². The van der Waals surface area contributed by atoms with Gasteiger partial charge in [-0.1, -0.05) is 12.1 Å². The van der Waals surface area contributed by atoms with Crippen LogP contribution in [0.2, 0.25) is 0 Å². The zero-order valence-electron chi connectivity index (χ0n) is 19.0. The van der Waals surface area contributed by atoms with E-state index in [0.717, 1.165) is 42.8 Å². The molecule has 0 spiro atoms. The number of hydrogen-bond acceptors (Lipinski definition) is 7. The van der Waals surface area contributed by atoms with Crippen LogP contribution in [-0.4, -0.2) is 55.4 Å². The van der Waals surface area contributed by atoms with E-state index >= 15 is 0 Å². The van der Waals surface area contributed by atoms with E-state index < -0.39 is 0 Å². The molecule has 1 aromatic carbocycles. The summed E-state index contributed by atoms with van der Waals surface area (Å²) in [6.45, 7) is 2.08. The van der Waals surface area contributed by atoms with Crippen molar-refractivity contribution in [2.45, 2.75) is 57.2 Å². The molecule has 0 bridgehead atoms. The first kappa shape index (κ1) is 22.3. The van der Waals surface area contributed by atoms with Crippen LogP contribution in [0.1, 0.15) is 55.0 Å². The molecule has 34 heavy (non-hydrogen) atoms. The predicted molar refractivity (Wildman–Crippen MR) is 124 cm³/mol. The van der Waals surface area contributed by atoms with Crippen molar-refractivity contribution < 1.29 is 14.3 Å². The van der Waals surface area contributed by atoms with Crippen LogP contribution in [-0.2, 0) is 22.6 Å². The third kappa shape index (κ3) is 4.58. The lowest BCUT2D eigenvalue weighted by molar-refractivity contribution is -0.132. The standard InChI is InChI=1S/C24H29N7O3/c25-21(32)7-2-8-22(33)30-13-10-16-4-1-6-20(17(16)14-30)34-23(18-5-3-11-26-18)19-9-12-27-24-28-15-29-31(19)24/h1,4,6,9,12,15,18,23,26H,2-3,5,7-8,10-11,13-14H2,(H2,25,32)/t18?,23-/m1/s1. The molecule has 3 aromatic rings. The number of carbonyl (C=O) groups is 2. The Morgan fingerprint density at radius 2 is 2.15 bits per heavy atom. The van der Waals surface area contributed by atoms with Crippen molar-refractivity contribution in [2.24, 2.45) is 5.73 Å². The van der Waals surface area contributed by atoms with Crippen LogP contribution >= 0.6 is 0 Å². The maximum atomic E-state index is 12.8. The van der Waals surface area contributed by atoms with Gasteiger partial charge in [0.1, 0.15) is 12.1 Å². The smallest absolute Gasteiger partial charge is 0.252 e. The number of ether oxygens (including phenoxy) is 1. The van der Waals surface area contributed by atoms with Gasteiger partial charge in [0.15, 0.2) is 6.10 Å². The number of carbonyl (C=O) groups excluding carboxylic acids is 2. The molecule has 2 aliphatic rings. The minimum absolute atomic E-state index is 0.0363. The second kappa shape index (κ2) is 9.76. The number of nitrogens with two attached hydrogens (primary N) is 1. The molecule has 1 fully saturated rings. The van der Waals surface area contributed by atoms with E-state index in [2.05, 4.69) is 26.4 Å². The third-order valence-corrected chi connectivity index (χ3v) is 6.62. The van der Waals surface area contributed by atoms with E-state index in [0.29, 0.717) is 31.7 Å². The summed E-state index contributed by atoms with van der Waals surface area (Å²) < 4.78 is 8.45. The van der Waals surface area contributed by atoms with Crippen LogP contribution in [0.25, 0.3) is 5.78 Å². The van der Waals surface area contributed by atoms with Crippen LogP contribution in [0, 0.1) is 0 Å². The molecule has 2 amide bonds. The normalized spacial score (nSPS) is 18.6. The minimum atomic E-state index is -0.378. The van der Waals surface area contributed by atoms with Gasteiger partial charge in [0.05, 0.1) is 5.69 Å². The fourth-order valence-electron chi connectivity index (χ4n) is 4.87. The van der Waals surface area contributed by atoms with E-state index in [1.54, 1.807) is 10.7 Å². The lowest BCUT2D eigenvalue weighted by Crippen LogP contribution is -2.37. The number of primary amides is 1. The highest BCUT2D eigenvalue weighted by Crippen LogP contribution is 2.34. The molecule has 178 valence electrons. The van der Waals surface area contributed by atoms with Crippen LogP contribution in [0.5, 0.6) is 5.75 Å². The highest BCUT2D eigenvalue weighted by atomic mass is 16.5. The predicted octanol–water partition coefficient (Wildman–Crippen LogP) is 1.54. The highest BCUT2D eigenvalue weighted by molar-refractivity contribution is 5.78. The van der Waals surface area contributed by atoms with Gasteiger partial charge in [0, 0.05) is 43.7 Å². The Bertz CT molecular complexity index is 1190. The lowest BCUT2D eigenvalue weighted by atomic mass is 9.97. The van der Waals surface area contributed by atoms with Crippen molar-refractivity contribution in [1.29, 1.82) is 0 Å². The quantitative estimate of drug-likeness (QED) is 0.519. The Morgan fingerprint density at radius 1 is 1.24 bits per heavy atom. The molecule has 5 rings (SSSR count). The maximum absolute atomic E-state index is 12.8. The maximum Gasteiger partial charge on any atom is 0.252 e. The van der Waals surface area contributed by atoms with Crippen molar-refractivity contribution in [2.75, 3.05) is 13.1 Å². The average molecular weight is 464 g/mol. The molecule has 2 aromatic heterocycles. The van der Waals surface area contributed by atoms with E-state index in [-0.39, 0.29) is 30.4 Å². The van der Waals surface area contributed by atoms with Gasteiger partial charge in [-0.15, -0.1) is 0 Å². The summed E-state index contributed by atoms with van der Waals surface area (Å²) in [6, 6.07) is 8.13. The second-order valence-electron chi connectivity index (χ2n) is 8.86. The first-order valence-electron chi connectivity index (χ1n) is 11.8. The molecule has 2 atom stereocenters. The van der Waals surface area contributed by atoms with Gasteiger partial charge in [0.25, 0.3) is 5.78 Å². The van der Waals surface area contributed by atoms with Crippen LogP contribution in [0.4, 0.5) is 0 Å². The molecule has 10 nitrogen and oxygen atoms in total. The Balaban J connectivity index is 1.41. The molecule has 0 aliphatic carbocycles. The fraction of sp³-hybridized carbons (Fsp3) is 0.458. The molecule has 1 saturated heterocycles. The summed E-state index contributed by atoms with van der Waals surface area (Å²) in [7, 11) is 0. The zero-order chi connectivity index (χ0) is 23.5.